The molecule has 3 amide bonds. The number of amides is 3. The molecule has 0 heterocycles. The maximum absolute atomic E-state index is 13.2. The summed E-state index contributed by atoms with van der Waals surface area (Å²) in [6.07, 6.45) is -5.63. The Morgan fingerprint density at radius 3 is 2.14 bits per heavy atom. The molecule has 0 aliphatic carbocycles. The summed E-state index contributed by atoms with van der Waals surface area (Å²) >= 11 is 12.0. The van der Waals surface area contributed by atoms with Crippen LogP contribution in [0.3, 0.4) is 0 Å². The number of carbonyl (C=O) groups is 2. The molecular formula is C22H24Cl2F3N3O5. The van der Waals surface area contributed by atoms with Crippen molar-refractivity contribution in [3.63, 3.8) is 0 Å². The largest absolute Gasteiger partial charge is 0.573 e. The van der Waals surface area contributed by atoms with Crippen LogP contribution in [0.5, 0.6) is 5.75 Å². The minimum absolute atomic E-state index is 0.0100. The molecule has 0 aliphatic heterocycles. The summed E-state index contributed by atoms with van der Waals surface area (Å²) in [7, 11) is 2.79. The molecule has 0 unspecified atom stereocenters. The van der Waals surface area contributed by atoms with E-state index in [4.69, 9.17) is 32.7 Å². The van der Waals surface area contributed by atoms with E-state index in [2.05, 4.69) is 20.7 Å². The third kappa shape index (κ3) is 9.44. The molecule has 2 rings (SSSR count). The number of ether oxygens (including phenoxy) is 3. The highest BCUT2D eigenvalue weighted by Crippen LogP contribution is 2.26. The number of alkyl halides is 3. The van der Waals surface area contributed by atoms with Crippen molar-refractivity contribution in [1.82, 2.24) is 10.6 Å². The number of halogens is 5. The Morgan fingerprint density at radius 2 is 1.63 bits per heavy atom. The van der Waals surface area contributed by atoms with Gasteiger partial charge in [0.25, 0.3) is 0 Å². The normalized spacial score (nSPS) is 13.2. The van der Waals surface area contributed by atoms with Crippen molar-refractivity contribution < 1.29 is 37.0 Å². The fourth-order valence-electron chi connectivity index (χ4n) is 3.03. The maximum atomic E-state index is 13.2. The zero-order valence-corrected chi connectivity index (χ0v) is 20.5. The molecule has 35 heavy (non-hydrogen) atoms. The van der Waals surface area contributed by atoms with Crippen molar-refractivity contribution in [2.45, 2.75) is 31.5 Å². The van der Waals surface area contributed by atoms with Gasteiger partial charge in [0.2, 0.25) is 5.91 Å². The van der Waals surface area contributed by atoms with Crippen molar-refractivity contribution in [2.75, 3.05) is 26.1 Å². The molecule has 0 spiro atoms. The van der Waals surface area contributed by atoms with Crippen molar-refractivity contribution in [2.24, 2.45) is 0 Å². The topological polar surface area (TPSA) is 97.9 Å². The van der Waals surface area contributed by atoms with E-state index >= 15 is 0 Å². The molecule has 0 aromatic heterocycles. The van der Waals surface area contributed by atoms with Gasteiger partial charge >= 0.3 is 12.4 Å². The molecule has 2 aromatic rings. The third-order valence-corrected chi connectivity index (χ3v) is 5.12. The Balaban J connectivity index is 2.24. The van der Waals surface area contributed by atoms with Gasteiger partial charge in [-0.3, -0.25) is 4.79 Å². The Morgan fingerprint density at radius 1 is 1.06 bits per heavy atom. The second-order valence-corrected chi connectivity index (χ2v) is 8.42. The Hall–Kier alpha value is -2.73. The molecule has 192 valence electrons. The highest BCUT2D eigenvalue weighted by Gasteiger charge is 2.36. The van der Waals surface area contributed by atoms with Gasteiger partial charge in [-0.2, -0.15) is 0 Å². The van der Waals surface area contributed by atoms with Gasteiger partial charge < -0.3 is 30.2 Å². The van der Waals surface area contributed by atoms with Crippen LogP contribution in [-0.2, 0) is 20.7 Å². The quantitative estimate of drug-likeness (QED) is 0.378. The number of carbonyl (C=O) groups excluding carboxylic acids is 2. The van der Waals surface area contributed by atoms with Gasteiger partial charge in [-0.15, -0.1) is 13.2 Å². The number of nitrogens with one attached hydrogen (secondary N) is 3. The van der Waals surface area contributed by atoms with Crippen molar-refractivity contribution >= 4 is 40.8 Å². The first-order valence-corrected chi connectivity index (χ1v) is 10.8. The molecule has 2 aromatic carbocycles. The standard InChI is InChI=1S/C22H24Cl2F3N3O5/c1-21(30-20(32)28-12-18(33-2)34-3,19(31)29-16-9-14(23)8-15(24)10-16)11-13-4-6-17(7-5-13)35-22(25,26)27/h4-10,18H,11-12H2,1-3H3,(H,29,31)(H2,28,30,32)/t21-/m1/s1/i20+2. The number of hydrogen-bond acceptors (Lipinski definition) is 5. The van der Waals surface area contributed by atoms with Crippen LogP contribution in [0.25, 0.3) is 0 Å². The first kappa shape index (κ1) is 28.5. The van der Waals surface area contributed by atoms with E-state index in [1.807, 2.05) is 0 Å². The van der Waals surface area contributed by atoms with Gasteiger partial charge in [-0.25, -0.2) is 4.79 Å². The Kier molecular flexibility index (Phi) is 10.0. The second kappa shape index (κ2) is 12.3. The molecule has 3 N–H and O–H groups in total. The van der Waals surface area contributed by atoms with E-state index in [0.29, 0.717) is 5.56 Å². The first-order chi connectivity index (χ1) is 16.3. The SMILES string of the molecule is COC(CN[14C](=O)N[C@](C)(Cc1ccc(OC(F)(F)F)cc1)C(=O)Nc1cc(Cl)cc(Cl)c1)OC. The first-order valence-electron chi connectivity index (χ1n) is 10.1. The molecule has 13 heteroatoms. The minimum Gasteiger partial charge on any atom is -0.406 e. The molecule has 0 bridgehead atoms. The van der Waals surface area contributed by atoms with Crippen LogP contribution < -0.4 is 20.7 Å². The summed E-state index contributed by atoms with van der Waals surface area (Å²) in [5, 5.41) is 8.34. The number of benzene rings is 2. The molecule has 0 aliphatic rings. The van der Waals surface area contributed by atoms with Crippen LogP contribution in [0, 0.1) is 0 Å². The summed E-state index contributed by atoms with van der Waals surface area (Å²) in [6.45, 7) is 1.45. The fourth-order valence-corrected chi connectivity index (χ4v) is 3.55. The van der Waals surface area contributed by atoms with E-state index in [-0.39, 0.29) is 28.7 Å². The van der Waals surface area contributed by atoms with Gasteiger partial charge in [0.1, 0.15) is 11.3 Å². The van der Waals surface area contributed by atoms with Gasteiger partial charge in [0.05, 0.1) is 6.54 Å². The van der Waals surface area contributed by atoms with E-state index in [1.165, 1.54) is 51.5 Å². The molecule has 0 fully saturated rings. The lowest BCUT2D eigenvalue weighted by molar-refractivity contribution is -0.274. The second-order valence-electron chi connectivity index (χ2n) is 7.55. The maximum Gasteiger partial charge on any atom is 0.573 e. The zero-order valence-electron chi connectivity index (χ0n) is 19.0. The monoisotopic (exact) mass is 539 g/mol. The number of urea groups is 1. The van der Waals surface area contributed by atoms with E-state index < -0.39 is 35.9 Å². The van der Waals surface area contributed by atoms with Crippen LogP contribution >= 0.6 is 23.2 Å². The molecule has 1 atom stereocenters. The van der Waals surface area contributed by atoms with Crippen LogP contribution in [0.2, 0.25) is 10.0 Å². The number of methoxy groups -OCH3 is 2. The lowest BCUT2D eigenvalue weighted by Crippen LogP contribution is -2.59. The van der Waals surface area contributed by atoms with E-state index in [9.17, 15) is 22.8 Å². The Bertz CT molecular complexity index is 1000. The smallest absolute Gasteiger partial charge is 0.406 e. The summed E-state index contributed by atoms with van der Waals surface area (Å²) in [6, 6.07) is 8.65. The van der Waals surface area contributed by atoms with Crippen LogP contribution in [0.15, 0.2) is 42.5 Å². The molecule has 8 nitrogen and oxygen atoms in total. The van der Waals surface area contributed by atoms with Gasteiger partial charge in [0, 0.05) is 36.4 Å². The number of anilines is 1. The van der Waals surface area contributed by atoms with Crippen LogP contribution in [0.4, 0.5) is 23.7 Å². The predicted molar refractivity (Wildman–Crippen MR) is 125 cm³/mol. The van der Waals surface area contributed by atoms with Gasteiger partial charge in [-0.1, -0.05) is 35.3 Å². The Labute approximate surface area is 210 Å². The summed E-state index contributed by atoms with van der Waals surface area (Å²) in [5.41, 5.74) is -0.817. The summed E-state index contributed by atoms with van der Waals surface area (Å²) in [4.78, 5) is 25.8. The van der Waals surface area contributed by atoms with Crippen molar-refractivity contribution in [3.05, 3.63) is 58.1 Å². The molecule has 0 saturated carbocycles. The molecule has 0 saturated heterocycles. The van der Waals surface area contributed by atoms with Crippen LogP contribution in [0.1, 0.15) is 12.5 Å². The van der Waals surface area contributed by atoms with Gasteiger partial charge in [-0.05, 0) is 42.8 Å². The minimum atomic E-state index is -4.84. The predicted octanol–water partition coefficient (Wildman–Crippen LogP) is 4.75. The van der Waals surface area contributed by atoms with E-state index in [0.717, 1.165) is 12.1 Å². The zero-order chi connectivity index (χ0) is 26.2. The van der Waals surface area contributed by atoms with Crippen molar-refractivity contribution in [1.29, 1.82) is 0 Å². The molecule has 0 radical (unpaired) electrons. The summed E-state index contributed by atoms with van der Waals surface area (Å²) < 4.78 is 51.2. The third-order valence-electron chi connectivity index (χ3n) is 4.68. The van der Waals surface area contributed by atoms with Crippen LogP contribution in [-0.4, -0.2) is 50.9 Å². The van der Waals surface area contributed by atoms with Crippen molar-refractivity contribution in [3.8, 4) is 5.75 Å². The number of rotatable bonds is 10. The average Bonchev–Trinajstić information content (AvgIpc) is 2.74. The lowest BCUT2D eigenvalue weighted by Gasteiger charge is -2.30. The number of hydrogen-bond donors (Lipinski definition) is 3. The fraction of sp³-hybridized carbons (Fsp3) is 0.364. The highest BCUT2D eigenvalue weighted by molar-refractivity contribution is 6.35. The summed E-state index contributed by atoms with van der Waals surface area (Å²) in [5.74, 6) is -1.05. The van der Waals surface area contributed by atoms with E-state index in [1.54, 1.807) is 0 Å². The lowest BCUT2D eigenvalue weighted by atomic mass is 9.92. The molecular weight excluding hydrogens is 516 g/mol. The van der Waals surface area contributed by atoms with Gasteiger partial charge in [0.15, 0.2) is 6.29 Å². The highest BCUT2D eigenvalue weighted by atomic mass is 35.5. The average molecular weight is 540 g/mol.